The van der Waals surface area contributed by atoms with Crippen LogP contribution >= 0.6 is 0 Å². The van der Waals surface area contributed by atoms with Crippen molar-refractivity contribution in [3.05, 3.63) is 35.4 Å². The molecule has 3 nitrogen and oxygen atoms in total. The van der Waals surface area contributed by atoms with Crippen molar-refractivity contribution in [2.45, 2.75) is 19.0 Å². The van der Waals surface area contributed by atoms with E-state index in [1.165, 1.54) is 11.1 Å². The molecular formula is C11H14N2O. The number of nitrogens with two attached hydrogens (primary N) is 1. The van der Waals surface area contributed by atoms with E-state index in [2.05, 4.69) is 17.0 Å². The van der Waals surface area contributed by atoms with E-state index < -0.39 is 0 Å². The zero-order chi connectivity index (χ0) is 10.1. The number of carbonyl (C=O) groups is 1. The second kappa shape index (κ2) is 3.42. The van der Waals surface area contributed by atoms with E-state index in [0.29, 0.717) is 6.42 Å². The number of hydrogen-bond donors (Lipinski definition) is 1. The average Bonchev–Trinajstić information content (AvgIpc) is 2.43. The lowest BCUT2D eigenvalue weighted by Gasteiger charge is -2.18. The molecule has 0 bridgehead atoms. The van der Waals surface area contributed by atoms with Crippen molar-refractivity contribution >= 4 is 5.91 Å². The minimum atomic E-state index is -0.237. The Kier molecular flexibility index (Phi) is 2.25. The summed E-state index contributed by atoms with van der Waals surface area (Å²) in [7, 11) is 2.02. The Morgan fingerprint density at radius 3 is 3.00 bits per heavy atom. The largest absolute Gasteiger partial charge is 0.370 e. The molecule has 0 fully saturated rings. The minimum absolute atomic E-state index is 0.170. The Morgan fingerprint density at radius 2 is 2.29 bits per heavy atom. The van der Waals surface area contributed by atoms with Crippen LogP contribution in [-0.4, -0.2) is 17.9 Å². The number of primary amides is 1. The number of benzene rings is 1. The van der Waals surface area contributed by atoms with E-state index >= 15 is 0 Å². The first-order valence-electron chi connectivity index (χ1n) is 4.75. The Labute approximate surface area is 83.5 Å². The van der Waals surface area contributed by atoms with Gasteiger partial charge in [0, 0.05) is 19.0 Å². The van der Waals surface area contributed by atoms with E-state index in [4.69, 9.17) is 5.73 Å². The normalized spacial score (nSPS) is 20.8. The number of fused-ring (bicyclic) bond motifs is 1. The van der Waals surface area contributed by atoms with Crippen LogP contribution in [-0.2, 0) is 11.3 Å². The maximum absolute atomic E-state index is 10.9. The molecule has 1 aliphatic heterocycles. The van der Waals surface area contributed by atoms with Crippen LogP contribution < -0.4 is 5.73 Å². The topological polar surface area (TPSA) is 46.3 Å². The zero-order valence-corrected chi connectivity index (χ0v) is 8.23. The second-order valence-electron chi connectivity index (χ2n) is 3.80. The molecule has 2 N–H and O–H groups in total. The number of amides is 1. The number of rotatable bonds is 2. The summed E-state index contributed by atoms with van der Waals surface area (Å²) in [4.78, 5) is 13.1. The number of nitrogens with zero attached hydrogens (tertiary/aromatic N) is 1. The van der Waals surface area contributed by atoms with Gasteiger partial charge in [0.05, 0.1) is 0 Å². The van der Waals surface area contributed by atoms with Gasteiger partial charge in [-0.2, -0.15) is 0 Å². The molecule has 1 aromatic carbocycles. The van der Waals surface area contributed by atoms with Gasteiger partial charge in [0.2, 0.25) is 5.91 Å². The van der Waals surface area contributed by atoms with Crippen molar-refractivity contribution in [3.8, 4) is 0 Å². The van der Waals surface area contributed by atoms with Crippen LogP contribution in [0.15, 0.2) is 24.3 Å². The SMILES string of the molecule is CN1Cc2ccccc2C1CC(N)=O. The predicted octanol–water partition coefficient (Wildman–Crippen LogP) is 1.05. The van der Waals surface area contributed by atoms with Gasteiger partial charge in [0.1, 0.15) is 0 Å². The van der Waals surface area contributed by atoms with Crippen molar-refractivity contribution in [2.75, 3.05) is 7.05 Å². The van der Waals surface area contributed by atoms with Gasteiger partial charge in [-0.3, -0.25) is 9.69 Å². The van der Waals surface area contributed by atoms with Crippen molar-refractivity contribution < 1.29 is 4.79 Å². The van der Waals surface area contributed by atoms with Gasteiger partial charge in [0.15, 0.2) is 0 Å². The molecule has 74 valence electrons. The van der Waals surface area contributed by atoms with Crippen LogP contribution in [0, 0.1) is 0 Å². The van der Waals surface area contributed by atoms with E-state index in [0.717, 1.165) is 6.54 Å². The van der Waals surface area contributed by atoms with E-state index in [1.54, 1.807) is 0 Å². The molecule has 0 aromatic heterocycles. The predicted molar refractivity (Wildman–Crippen MR) is 54.5 cm³/mol. The van der Waals surface area contributed by atoms with Gasteiger partial charge >= 0.3 is 0 Å². The van der Waals surface area contributed by atoms with Crippen molar-refractivity contribution in [3.63, 3.8) is 0 Å². The van der Waals surface area contributed by atoms with E-state index in [-0.39, 0.29) is 11.9 Å². The lowest BCUT2D eigenvalue weighted by Crippen LogP contribution is -2.23. The monoisotopic (exact) mass is 190 g/mol. The third kappa shape index (κ3) is 1.51. The van der Waals surface area contributed by atoms with Crippen molar-refractivity contribution in [2.24, 2.45) is 5.73 Å². The van der Waals surface area contributed by atoms with Gasteiger partial charge < -0.3 is 5.73 Å². The van der Waals surface area contributed by atoms with Crippen LogP contribution in [0.5, 0.6) is 0 Å². The summed E-state index contributed by atoms with van der Waals surface area (Å²) in [6.07, 6.45) is 0.410. The number of hydrogen-bond acceptors (Lipinski definition) is 2. The van der Waals surface area contributed by atoms with Crippen molar-refractivity contribution in [1.29, 1.82) is 0 Å². The zero-order valence-electron chi connectivity index (χ0n) is 8.23. The summed E-state index contributed by atoms with van der Waals surface area (Å²) >= 11 is 0. The fourth-order valence-corrected chi connectivity index (χ4v) is 2.08. The lowest BCUT2D eigenvalue weighted by atomic mass is 10.0. The quantitative estimate of drug-likeness (QED) is 0.757. The fraction of sp³-hybridized carbons (Fsp3) is 0.364. The fourth-order valence-electron chi connectivity index (χ4n) is 2.08. The second-order valence-corrected chi connectivity index (χ2v) is 3.80. The molecule has 0 saturated heterocycles. The summed E-state index contributed by atoms with van der Waals surface area (Å²) in [6, 6.07) is 8.38. The summed E-state index contributed by atoms with van der Waals surface area (Å²) in [6.45, 7) is 0.911. The highest BCUT2D eigenvalue weighted by Crippen LogP contribution is 2.33. The molecule has 1 atom stereocenters. The highest BCUT2D eigenvalue weighted by atomic mass is 16.1. The summed E-state index contributed by atoms with van der Waals surface area (Å²) in [5.74, 6) is -0.237. The maximum Gasteiger partial charge on any atom is 0.219 e. The third-order valence-electron chi connectivity index (χ3n) is 2.76. The highest BCUT2D eigenvalue weighted by molar-refractivity contribution is 5.75. The molecule has 0 radical (unpaired) electrons. The van der Waals surface area contributed by atoms with Gasteiger partial charge in [-0.15, -0.1) is 0 Å². The highest BCUT2D eigenvalue weighted by Gasteiger charge is 2.27. The number of carbonyl (C=O) groups excluding carboxylic acids is 1. The smallest absolute Gasteiger partial charge is 0.219 e. The molecule has 14 heavy (non-hydrogen) atoms. The Morgan fingerprint density at radius 1 is 1.57 bits per heavy atom. The van der Waals surface area contributed by atoms with Crippen LogP contribution in [0.4, 0.5) is 0 Å². The Hall–Kier alpha value is -1.35. The molecule has 3 heteroatoms. The molecule has 0 spiro atoms. The summed E-state index contributed by atoms with van der Waals surface area (Å²) in [5.41, 5.74) is 7.78. The molecular weight excluding hydrogens is 176 g/mol. The van der Waals surface area contributed by atoms with E-state index in [9.17, 15) is 4.79 Å². The van der Waals surface area contributed by atoms with E-state index in [1.807, 2.05) is 19.2 Å². The van der Waals surface area contributed by atoms with Gasteiger partial charge in [0.25, 0.3) is 0 Å². The average molecular weight is 190 g/mol. The van der Waals surface area contributed by atoms with Crippen LogP contribution in [0.1, 0.15) is 23.6 Å². The lowest BCUT2D eigenvalue weighted by molar-refractivity contribution is -0.119. The Balaban J connectivity index is 2.30. The molecule has 1 amide bonds. The van der Waals surface area contributed by atoms with Gasteiger partial charge in [-0.25, -0.2) is 0 Å². The molecule has 1 unspecified atom stereocenters. The molecule has 1 aromatic rings. The first-order chi connectivity index (χ1) is 6.68. The summed E-state index contributed by atoms with van der Waals surface area (Å²) in [5, 5.41) is 0. The molecule has 0 aliphatic carbocycles. The van der Waals surface area contributed by atoms with Crippen LogP contribution in [0.25, 0.3) is 0 Å². The van der Waals surface area contributed by atoms with Gasteiger partial charge in [-0.1, -0.05) is 24.3 Å². The van der Waals surface area contributed by atoms with Crippen molar-refractivity contribution in [1.82, 2.24) is 4.90 Å². The van der Waals surface area contributed by atoms with Gasteiger partial charge in [-0.05, 0) is 18.2 Å². The van der Waals surface area contributed by atoms with Crippen LogP contribution in [0.2, 0.25) is 0 Å². The minimum Gasteiger partial charge on any atom is -0.370 e. The van der Waals surface area contributed by atoms with Crippen LogP contribution in [0.3, 0.4) is 0 Å². The standard InChI is InChI=1S/C11H14N2O/c1-13-7-8-4-2-3-5-9(8)10(13)6-11(12)14/h2-5,10H,6-7H2,1H3,(H2,12,14). The summed E-state index contributed by atoms with van der Waals surface area (Å²) < 4.78 is 0. The molecule has 2 rings (SSSR count). The first kappa shape index (κ1) is 9.21. The molecule has 0 saturated carbocycles. The maximum atomic E-state index is 10.9. The third-order valence-corrected chi connectivity index (χ3v) is 2.76. The molecule has 1 heterocycles. The first-order valence-corrected chi connectivity index (χ1v) is 4.75. The Bertz CT molecular complexity index is 362. The molecule has 1 aliphatic rings.